The topological polar surface area (TPSA) is 101 Å². The highest BCUT2D eigenvalue weighted by Gasteiger charge is 2.25. The monoisotopic (exact) mass is 458 g/mol. The van der Waals surface area contributed by atoms with Gasteiger partial charge in [0.05, 0.1) is 5.52 Å². The molecule has 3 aromatic rings. The molecule has 1 aliphatic carbocycles. The Kier molecular flexibility index (Phi) is 6.12. The summed E-state index contributed by atoms with van der Waals surface area (Å²) in [6.45, 7) is 1.22. The minimum atomic E-state index is -0.590. The number of hydrogen-bond acceptors (Lipinski definition) is 6. The Labute approximate surface area is 197 Å². The van der Waals surface area contributed by atoms with E-state index in [2.05, 4.69) is 15.5 Å². The number of carbonyl (C=O) groups excluding carboxylic acids is 3. The molecule has 0 bridgehead atoms. The minimum Gasteiger partial charge on any atom is -0.452 e. The number of benzene rings is 2. The fraction of sp³-hybridized carbons (Fsp3) is 0.308. The SMILES string of the molecule is O=C(COC(=O)c1cc2ccccc2nc1N1CCCC1)Nc1cccc(C(=O)NC2CC2)c1. The third-order valence-corrected chi connectivity index (χ3v) is 5.98. The maximum Gasteiger partial charge on any atom is 0.342 e. The number of nitrogens with zero attached hydrogens (tertiary/aromatic N) is 2. The van der Waals surface area contributed by atoms with Crippen LogP contribution in [0.2, 0.25) is 0 Å². The molecule has 174 valence electrons. The second-order valence-corrected chi connectivity index (χ2v) is 8.70. The molecule has 1 aliphatic heterocycles. The summed E-state index contributed by atoms with van der Waals surface area (Å²) in [5.41, 5.74) is 2.10. The molecule has 1 saturated carbocycles. The summed E-state index contributed by atoms with van der Waals surface area (Å²) < 4.78 is 5.35. The summed E-state index contributed by atoms with van der Waals surface area (Å²) >= 11 is 0. The highest BCUT2D eigenvalue weighted by molar-refractivity contribution is 6.01. The van der Waals surface area contributed by atoms with Crippen LogP contribution in [0.25, 0.3) is 10.9 Å². The largest absolute Gasteiger partial charge is 0.452 e. The Morgan fingerprint density at radius 3 is 2.59 bits per heavy atom. The van der Waals surface area contributed by atoms with Crippen LogP contribution in [0.5, 0.6) is 0 Å². The summed E-state index contributed by atoms with van der Waals surface area (Å²) in [7, 11) is 0. The minimum absolute atomic E-state index is 0.164. The number of carbonyl (C=O) groups is 3. The van der Waals surface area contributed by atoms with Gasteiger partial charge in [-0.1, -0.05) is 24.3 Å². The Morgan fingerprint density at radius 2 is 1.79 bits per heavy atom. The van der Waals surface area contributed by atoms with Crippen molar-refractivity contribution in [3.8, 4) is 0 Å². The lowest BCUT2D eigenvalue weighted by molar-refractivity contribution is -0.119. The van der Waals surface area contributed by atoms with Gasteiger partial charge in [-0.3, -0.25) is 9.59 Å². The third kappa shape index (κ3) is 5.01. The average Bonchev–Trinajstić information content (AvgIpc) is 3.49. The van der Waals surface area contributed by atoms with Gasteiger partial charge in [-0.2, -0.15) is 0 Å². The zero-order valence-electron chi connectivity index (χ0n) is 18.8. The lowest BCUT2D eigenvalue weighted by Gasteiger charge is -2.20. The van der Waals surface area contributed by atoms with E-state index in [0.29, 0.717) is 22.6 Å². The predicted octanol–water partition coefficient (Wildman–Crippen LogP) is 3.52. The van der Waals surface area contributed by atoms with Crippen LogP contribution in [-0.4, -0.2) is 48.5 Å². The van der Waals surface area contributed by atoms with Gasteiger partial charge in [0.1, 0.15) is 11.4 Å². The summed E-state index contributed by atoms with van der Waals surface area (Å²) in [6, 6.07) is 16.3. The molecule has 8 nitrogen and oxygen atoms in total. The Hall–Kier alpha value is -3.94. The molecular weight excluding hydrogens is 432 g/mol. The molecule has 2 amide bonds. The smallest absolute Gasteiger partial charge is 0.342 e. The van der Waals surface area contributed by atoms with Gasteiger partial charge in [0.2, 0.25) is 0 Å². The van der Waals surface area contributed by atoms with Gasteiger partial charge < -0.3 is 20.3 Å². The van der Waals surface area contributed by atoms with Gasteiger partial charge in [-0.25, -0.2) is 9.78 Å². The molecule has 2 fully saturated rings. The number of hydrogen-bond donors (Lipinski definition) is 2. The number of ether oxygens (including phenoxy) is 1. The van der Waals surface area contributed by atoms with E-state index in [-0.39, 0.29) is 11.9 Å². The first-order valence-corrected chi connectivity index (χ1v) is 11.6. The zero-order chi connectivity index (χ0) is 23.5. The Balaban J connectivity index is 1.25. The quantitative estimate of drug-likeness (QED) is 0.526. The molecule has 34 heavy (non-hydrogen) atoms. The van der Waals surface area contributed by atoms with E-state index >= 15 is 0 Å². The van der Waals surface area contributed by atoms with E-state index in [4.69, 9.17) is 9.72 Å². The van der Waals surface area contributed by atoms with Crippen molar-refractivity contribution in [3.05, 3.63) is 65.7 Å². The summed E-state index contributed by atoms with van der Waals surface area (Å²) in [5, 5.41) is 6.45. The molecule has 0 radical (unpaired) electrons. The molecule has 2 N–H and O–H groups in total. The van der Waals surface area contributed by atoms with Crippen molar-refractivity contribution in [1.82, 2.24) is 10.3 Å². The molecule has 8 heteroatoms. The number of aromatic nitrogens is 1. The number of para-hydroxylation sites is 1. The molecule has 0 unspecified atom stereocenters. The van der Waals surface area contributed by atoms with Gasteiger partial charge in [0, 0.05) is 35.8 Å². The van der Waals surface area contributed by atoms with Crippen LogP contribution in [0, 0.1) is 0 Å². The molecular formula is C26H26N4O4. The predicted molar refractivity (Wildman–Crippen MR) is 129 cm³/mol. The molecule has 1 saturated heterocycles. The van der Waals surface area contributed by atoms with E-state index in [0.717, 1.165) is 49.7 Å². The standard InChI is InChI=1S/C26H26N4O4/c31-23(27-20-8-5-7-18(14-20)25(32)28-19-10-11-19)16-34-26(33)21-15-17-6-1-2-9-22(17)29-24(21)30-12-3-4-13-30/h1-2,5-9,14-15,19H,3-4,10-13,16H2,(H,27,31)(H,28,32). The molecule has 0 atom stereocenters. The lowest BCUT2D eigenvalue weighted by Crippen LogP contribution is -2.26. The third-order valence-electron chi connectivity index (χ3n) is 5.98. The number of nitrogens with one attached hydrogen (secondary N) is 2. The van der Waals surface area contributed by atoms with Crippen LogP contribution in [0.15, 0.2) is 54.6 Å². The zero-order valence-corrected chi connectivity index (χ0v) is 18.8. The fourth-order valence-electron chi connectivity index (χ4n) is 4.07. The average molecular weight is 459 g/mol. The summed E-state index contributed by atoms with van der Waals surface area (Å²) in [6.07, 6.45) is 4.09. The first-order valence-electron chi connectivity index (χ1n) is 11.6. The van der Waals surface area contributed by atoms with Gasteiger partial charge in [0.15, 0.2) is 6.61 Å². The molecule has 1 aromatic heterocycles. The van der Waals surface area contributed by atoms with Crippen molar-refractivity contribution in [2.45, 2.75) is 31.7 Å². The highest BCUT2D eigenvalue weighted by atomic mass is 16.5. The van der Waals surface area contributed by atoms with Crippen molar-refractivity contribution in [2.24, 2.45) is 0 Å². The van der Waals surface area contributed by atoms with Crippen molar-refractivity contribution >= 4 is 40.2 Å². The van der Waals surface area contributed by atoms with E-state index in [1.54, 1.807) is 30.3 Å². The number of esters is 1. The van der Waals surface area contributed by atoms with Gasteiger partial charge in [0.25, 0.3) is 11.8 Å². The van der Waals surface area contributed by atoms with Gasteiger partial charge in [-0.15, -0.1) is 0 Å². The summed E-state index contributed by atoms with van der Waals surface area (Å²) in [4.78, 5) is 44.4. The molecule has 2 heterocycles. The Bertz CT molecular complexity index is 1250. The van der Waals surface area contributed by atoms with Crippen molar-refractivity contribution < 1.29 is 19.1 Å². The van der Waals surface area contributed by atoms with Crippen LogP contribution in [0.1, 0.15) is 46.4 Å². The normalized spacial score (nSPS) is 15.2. The maximum atomic E-state index is 13.0. The van der Waals surface area contributed by atoms with Crippen LogP contribution in [0.4, 0.5) is 11.5 Å². The van der Waals surface area contributed by atoms with Crippen LogP contribution in [-0.2, 0) is 9.53 Å². The summed E-state index contributed by atoms with van der Waals surface area (Å²) in [5.74, 6) is -0.642. The Morgan fingerprint density at radius 1 is 1.00 bits per heavy atom. The molecule has 5 rings (SSSR count). The molecule has 2 aliphatic rings. The number of rotatable bonds is 7. The number of pyridine rings is 1. The first kappa shape index (κ1) is 21.9. The lowest BCUT2D eigenvalue weighted by atomic mass is 10.1. The number of amides is 2. The van der Waals surface area contributed by atoms with Crippen LogP contribution in [0.3, 0.4) is 0 Å². The van der Waals surface area contributed by atoms with E-state index in [1.165, 1.54) is 0 Å². The maximum absolute atomic E-state index is 13.0. The molecule has 0 spiro atoms. The molecule has 2 aromatic carbocycles. The first-order chi connectivity index (χ1) is 16.6. The van der Waals surface area contributed by atoms with Gasteiger partial charge >= 0.3 is 5.97 Å². The second-order valence-electron chi connectivity index (χ2n) is 8.70. The van der Waals surface area contributed by atoms with Crippen LogP contribution < -0.4 is 15.5 Å². The van der Waals surface area contributed by atoms with E-state index in [1.807, 2.05) is 24.3 Å². The number of anilines is 2. The van der Waals surface area contributed by atoms with Gasteiger partial charge in [-0.05, 0) is 56.0 Å². The van der Waals surface area contributed by atoms with Crippen molar-refractivity contribution in [1.29, 1.82) is 0 Å². The van der Waals surface area contributed by atoms with Crippen molar-refractivity contribution in [3.63, 3.8) is 0 Å². The van der Waals surface area contributed by atoms with E-state index < -0.39 is 18.5 Å². The fourth-order valence-corrected chi connectivity index (χ4v) is 4.07. The number of fused-ring (bicyclic) bond motifs is 1. The highest BCUT2D eigenvalue weighted by Crippen LogP contribution is 2.27. The van der Waals surface area contributed by atoms with Crippen LogP contribution >= 0.6 is 0 Å². The second kappa shape index (κ2) is 9.51. The van der Waals surface area contributed by atoms with Crippen molar-refractivity contribution in [2.75, 3.05) is 29.9 Å². The van der Waals surface area contributed by atoms with E-state index in [9.17, 15) is 14.4 Å².